The van der Waals surface area contributed by atoms with E-state index in [1.54, 1.807) is 6.92 Å². The Morgan fingerprint density at radius 2 is 0.900 bits per heavy atom. The van der Waals surface area contributed by atoms with Gasteiger partial charge in [0, 0.05) is 38.9 Å². The van der Waals surface area contributed by atoms with E-state index in [1.165, 1.54) is 0 Å². The summed E-state index contributed by atoms with van der Waals surface area (Å²) in [4.78, 5) is 51.2. The maximum atomic E-state index is 13.1. The zero-order chi connectivity index (χ0) is 35.2. The highest BCUT2D eigenvalue weighted by Gasteiger charge is 2.38. The SMILES string of the molecule is Cc1c(Br)oc2c1C(=O)C(=O)c1c-2ccc2c(C)cccc12.Cc1ccc(-c2oc3c(c2C)C(=O)C(=O)c2c-3ccc3c(C)cccc23)cc1. The Bertz CT molecular complexity index is 2670. The quantitative estimate of drug-likeness (QED) is 0.157. The molecule has 2 aliphatic rings. The molecule has 0 aliphatic heterocycles. The Balaban J connectivity index is 0.000000149. The summed E-state index contributed by atoms with van der Waals surface area (Å²) in [5, 5.41) is 3.56. The molecule has 244 valence electrons. The van der Waals surface area contributed by atoms with Crippen LogP contribution in [0.3, 0.4) is 0 Å². The first kappa shape index (κ1) is 31.6. The molecule has 0 spiro atoms. The van der Waals surface area contributed by atoms with E-state index in [4.69, 9.17) is 8.83 Å². The number of Topliss-reactive ketones (excluding diaryl/α,β-unsaturated/α-hetero) is 4. The molecule has 2 aromatic heterocycles. The van der Waals surface area contributed by atoms with Crippen molar-refractivity contribution in [1.82, 2.24) is 0 Å². The van der Waals surface area contributed by atoms with Crippen LogP contribution in [0.1, 0.15) is 69.2 Å². The van der Waals surface area contributed by atoms with Crippen LogP contribution in [0, 0.1) is 34.6 Å². The van der Waals surface area contributed by atoms with Crippen molar-refractivity contribution < 1.29 is 28.0 Å². The molecule has 2 heterocycles. The molecule has 6 nitrogen and oxygen atoms in total. The van der Waals surface area contributed by atoms with Gasteiger partial charge in [-0.15, -0.1) is 0 Å². The van der Waals surface area contributed by atoms with E-state index in [1.807, 2.05) is 113 Å². The maximum absolute atomic E-state index is 13.1. The van der Waals surface area contributed by atoms with Gasteiger partial charge in [-0.2, -0.15) is 0 Å². The molecular formula is C43H29BrO6. The van der Waals surface area contributed by atoms with Gasteiger partial charge in [0.1, 0.15) is 17.3 Å². The van der Waals surface area contributed by atoms with E-state index in [-0.39, 0.29) is 0 Å². The van der Waals surface area contributed by atoms with Crippen molar-refractivity contribution in [1.29, 1.82) is 0 Å². The highest BCUT2D eigenvalue weighted by atomic mass is 79.9. The highest BCUT2D eigenvalue weighted by molar-refractivity contribution is 9.10. The van der Waals surface area contributed by atoms with Crippen LogP contribution in [-0.2, 0) is 0 Å². The van der Waals surface area contributed by atoms with Crippen LogP contribution in [0.15, 0.2) is 98.4 Å². The second kappa shape index (κ2) is 11.5. The molecular weight excluding hydrogens is 692 g/mol. The standard InChI is InChI=1S/C25H18O3.C18H11BrO3/c1-13-7-9-16(10-8-13)24-15(3)20-22(26)23(27)21-18-6-4-5-14(2)17(18)11-12-19(21)25(20)28-24;1-8-4-3-5-11-10(8)6-7-12-14(11)16(21)15(20)13-9(2)18(19)22-17(12)13/h4-12H,1-3H3;3-7H,1-2H3. The molecule has 0 radical (unpaired) electrons. The number of hydrogen-bond donors (Lipinski definition) is 0. The van der Waals surface area contributed by atoms with Crippen molar-refractivity contribution in [2.75, 3.05) is 0 Å². The molecule has 7 heteroatoms. The predicted molar refractivity (Wildman–Crippen MR) is 197 cm³/mol. The van der Waals surface area contributed by atoms with Gasteiger partial charge in [-0.25, -0.2) is 0 Å². The normalized spacial score (nSPS) is 13.2. The fourth-order valence-corrected chi connectivity index (χ4v) is 7.62. The maximum Gasteiger partial charge on any atom is 0.237 e. The van der Waals surface area contributed by atoms with E-state index >= 15 is 0 Å². The van der Waals surface area contributed by atoms with Gasteiger partial charge >= 0.3 is 0 Å². The molecule has 0 fully saturated rings. The van der Waals surface area contributed by atoms with Crippen LogP contribution in [0.5, 0.6) is 0 Å². The number of halogens is 1. The van der Waals surface area contributed by atoms with Gasteiger partial charge in [-0.05, 0) is 95.4 Å². The van der Waals surface area contributed by atoms with Crippen LogP contribution in [0.4, 0.5) is 0 Å². The number of benzene rings is 5. The van der Waals surface area contributed by atoms with Crippen molar-refractivity contribution in [3.8, 4) is 34.0 Å². The summed E-state index contributed by atoms with van der Waals surface area (Å²) in [6.07, 6.45) is 0. The summed E-state index contributed by atoms with van der Waals surface area (Å²) in [7, 11) is 0. The fourth-order valence-electron chi connectivity index (χ4n) is 7.26. The topological polar surface area (TPSA) is 94.6 Å². The summed E-state index contributed by atoms with van der Waals surface area (Å²) in [5.41, 5.74) is 8.61. The van der Waals surface area contributed by atoms with Gasteiger partial charge in [-0.1, -0.05) is 78.4 Å². The lowest BCUT2D eigenvalue weighted by Gasteiger charge is -2.16. The van der Waals surface area contributed by atoms with E-state index in [9.17, 15) is 19.2 Å². The first-order chi connectivity index (χ1) is 24.0. The Kier molecular flexibility index (Phi) is 7.24. The summed E-state index contributed by atoms with van der Waals surface area (Å²) in [5.74, 6) is -0.292. The van der Waals surface area contributed by atoms with Crippen LogP contribution in [-0.4, -0.2) is 23.1 Å². The van der Waals surface area contributed by atoms with Crippen LogP contribution in [0.25, 0.3) is 55.5 Å². The van der Waals surface area contributed by atoms with Gasteiger partial charge in [-0.3, -0.25) is 19.2 Å². The number of ketones is 4. The van der Waals surface area contributed by atoms with Crippen LogP contribution in [0.2, 0.25) is 0 Å². The Morgan fingerprint density at radius 3 is 1.42 bits per heavy atom. The molecule has 9 rings (SSSR count). The van der Waals surface area contributed by atoms with Gasteiger partial charge in [0.25, 0.3) is 0 Å². The van der Waals surface area contributed by atoms with E-state index < -0.39 is 23.1 Å². The molecule has 7 aromatic rings. The molecule has 50 heavy (non-hydrogen) atoms. The minimum absolute atomic E-state index is 0.372. The lowest BCUT2D eigenvalue weighted by molar-refractivity contribution is 0.0815. The van der Waals surface area contributed by atoms with Crippen LogP contribution >= 0.6 is 15.9 Å². The lowest BCUT2D eigenvalue weighted by Crippen LogP contribution is -2.21. The molecule has 0 saturated heterocycles. The zero-order valence-corrected chi connectivity index (χ0v) is 29.5. The van der Waals surface area contributed by atoms with Gasteiger partial charge in [0.2, 0.25) is 23.1 Å². The van der Waals surface area contributed by atoms with Gasteiger partial charge in [0.05, 0.1) is 11.1 Å². The molecule has 5 aromatic carbocycles. The van der Waals surface area contributed by atoms with Crippen molar-refractivity contribution in [3.05, 3.63) is 140 Å². The fraction of sp³-hybridized carbons (Fsp3) is 0.116. The smallest absolute Gasteiger partial charge is 0.237 e. The molecule has 0 saturated carbocycles. The number of fused-ring (bicyclic) bond motifs is 10. The molecule has 0 N–H and O–H groups in total. The third-order valence-electron chi connectivity index (χ3n) is 9.92. The average molecular weight is 722 g/mol. The molecule has 0 amide bonds. The first-order valence-corrected chi connectivity index (χ1v) is 17.0. The lowest BCUT2D eigenvalue weighted by atomic mass is 9.83. The third-order valence-corrected chi connectivity index (χ3v) is 10.7. The molecule has 0 atom stereocenters. The highest BCUT2D eigenvalue weighted by Crippen LogP contribution is 2.45. The summed E-state index contributed by atoms with van der Waals surface area (Å²) >= 11 is 3.31. The van der Waals surface area contributed by atoms with Crippen molar-refractivity contribution in [2.24, 2.45) is 0 Å². The summed E-state index contributed by atoms with van der Waals surface area (Å²) in [6.45, 7) is 9.63. The van der Waals surface area contributed by atoms with Crippen LogP contribution < -0.4 is 0 Å². The monoisotopic (exact) mass is 720 g/mol. The second-order valence-corrected chi connectivity index (χ2v) is 13.7. The van der Waals surface area contributed by atoms with E-state index in [0.717, 1.165) is 43.8 Å². The Morgan fingerprint density at radius 1 is 0.440 bits per heavy atom. The number of furan rings is 2. The average Bonchev–Trinajstić information content (AvgIpc) is 3.61. The number of rotatable bonds is 1. The number of aryl methyl sites for hydroxylation is 3. The molecule has 0 unspecified atom stereocenters. The number of carbonyl (C=O) groups excluding carboxylic acids is 4. The number of hydrogen-bond acceptors (Lipinski definition) is 6. The van der Waals surface area contributed by atoms with Crippen molar-refractivity contribution >= 4 is 60.6 Å². The Hall–Kier alpha value is -5.66. The minimum atomic E-state index is -0.497. The minimum Gasteiger partial charge on any atom is -0.455 e. The first-order valence-electron chi connectivity index (χ1n) is 16.2. The number of carbonyl (C=O) groups is 4. The largest absolute Gasteiger partial charge is 0.455 e. The van der Waals surface area contributed by atoms with E-state index in [2.05, 4.69) is 15.9 Å². The summed E-state index contributed by atoms with van der Waals surface area (Å²) in [6, 6.07) is 27.3. The van der Waals surface area contributed by atoms with Gasteiger partial charge < -0.3 is 8.83 Å². The second-order valence-electron chi connectivity index (χ2n) is 13.0. The predicted octanol–water partition coefficient (Wildman–Crippen LogP) is 10.9. The van der Waals surface area contributed by atoms with Crippen molar-refractivity contribution in [3.63, 3.8) is 0 Å². The van der Waals surface area contributed by atoms with Gasteiger partial charge in [0.15, 0.2) is 4.67 Å². The molecule has 0 bridgehead atoms. The van der Waals surface area contributed by atoms with Crippen molar-refractivity contribution in [2.45, 2.75) is 34.6 Å². The molecule has 2 aliphatic carbocycles. The Labute approximate surface area is 295 Å². The summed E-state index contributed by atoms with van der Waals surface area (Å²) < 4.78 is 12.4. The third kappa shape index (κ3) is 4.53. The zero-order valence-electron chi connectivity index (χ0n) is 27.9. The van der Waals surface area contributed by atoms with E-state index in [0.29, 0.717) is 66.5 Å².